The number of aliphatic carboxylic acids is 12. The van der Waals surface area contributed by atoms with Crippen molar-refractivity contribution in [1.29, 1.82) is 0 Å². The minimum absolute atomic E-state index is 0. The average Bonchev–Trinajstić information content (AvgIpc) is 1.63. The van der Waals surface area contributed by atoms with Gasteiger partial charge in [-0.15, -0.1) is 0 Å². The molecule has 0 aromatic heterocycles. The van der Waals surface area contributed by atoms with E-state index in [1.807, 2.05) is 20.8 Å². The van der Waals surface area contributed by atoms with Crippen molar-refractivity contribution >= 4 is 125 Å². The Kier molecular flexibility index (Phi) is 137. The second-order valence-electron chi connectivity index (χ2n) is 31.4. The van der Waals surface area contributed by atoms with Crippen molar-refractivity contribution in [3.05, 3.63) is 12.2 Å². The van der Waals surface area contributed by atoms with Gasteiger partial charge in [-0.3, -0.25) is 101 Å². The average molecular weight is 2080 g/mol. The van der Waals surface area contributed by atoms with E-state index < -0.39 is 161 Å². The second-order valence-corrected chi connectivity index (χ2v) is 31.4. The Morgan fingerprint density at radius 1 is 0.350 bits per heavy atom. The topological polar surface area (TPSA) is 657 Å². The maximum absolute atomic E-state index is 12.1. The van der Waals surface area contributed by atoms with Crippen LogP contribution in [-0.2, 0) is 120 Å². The number of likely N-dealkylation sites (tertiary alicyclic amines) is 2. The van der Waals surface area contributed by atoms with E-state index in [4.69, 9.17) is 70.4 Å². The fraction of sp³-hybridized carbons (Fsp3) is 0.777. The van der Waals surface area contributed by atoms with Crippen LogP contribution in [0.3, 0.4) is 0 Å². The number of ether oxygens (including phenoxy) is 4. The molecule has 0 aromatic carbocycles. The molecule has 18 atom stereocenters. The highest BCUT2D eigenvalue weighted by Gasteiger charge is 2.49. The van der Waals surface area contributed by atoms with Gasteiger partial charge in [0.1, 0.15) is 6.10 Å². The largest absolute Gasteiger partial charge is 0.481 e. The molecule has 2 aliphatic heterocycles. The lowest BCUT2D eigenvalue weighted by Gasteiger charge is -2.34. The van der Waals surface area contributed by atoms with Crippen molar-refractivity contribution in [3.8, 4) is 0 Å². The van der Waals surface area contributed by atoms with Gasteiger partial charge in [-0.25, -0.2) is 9.59 Å². The predicted molar refractivity (Wildman–Crippen MR) is 565 cm³/mol. The third-order valence-electron chi connectivity index (χ3n) is 21.8. The van der Waals surface area contributed by atoms with Crippen molar-refractivity contribution in [2.24, 2.45) is 88.8 Å². The van der Waals surface area contributed by atoms with E-state index in [1.54, 1.807) is 62.3 Å². The first kappa shape index (κ1) is 191. The van der Waals surface area contributed by atoms with Gasteiger partial charge in [0.2, 0.25) is 29.5 Å². The maximum atomic E-state index is 12.1. The Hall–Kier alpha value is -11.0. The number of hydrogen-bond acceptors (Lipinski definition) is 25. The van der Waals surface area contributed by atoms with Crippen LogP contribution in [0.25, 0.3) is 0 Å². The van der Waals surface area contributed by atoms with Crippen LogP contribution in [0, 0.1) is 88.8 Å². The van der Waals surface area contributed by atoms with E-state index in [2.05, 4.69) is 10.1 Å². The summed E-state index contributed by atoms with van der Waals surface area (Å²) in [6.45, 7) is 30.9. The van der Waals surface area contributed by atoms with Gasteiger partial charge in [-0.2, -0.15) is 0 Å². The number of methoxy groups -OCH3 is 1. The molecule has 3 aliphatic carbocycles. The highest BCUT2D eigenvalue weighted by atomic mass is 16.6. The van der Waals surface area contributed by atoms with Gasteiger partial charge in [0.25, 0.3) is 0 Å². The fourth-order valence-electron chi connectivity index (χ4n) is 11.1. The summed E-state index contributed by atoms with van der Waals surface area (Å²) in [6, 6.07) is -0.187. The van der Waals surface area contributed by atoms with Gasteiger partial charge < -0.3 is 85.5 Å². The van der Waals surface area contributed by atoms with Crippen molar-refractivity contribution in [1.82, 2.24) is 15.1 Å². The standard InChI is InChI=1S/C13H19NO4.C12H21NO3.C12H20O4.C9H13NO4.C8H14O4.C8H12O4.C7H12O4.2C6H10O4.C4H8O2.18CH4/c1-7-8(2)12(16)14(11(7)15)10-6-4-3-5-9(10)13(17)18;1-8(9(2)12(15)16)11(14)13-10-6-4-3-5-7-10;1-8(11(13)14)9(2)12(15)16-10-6-4-3-5-7-10;1-5-6(2)9(14)10(8(5)13)4-3-7(11)12;2*1-3-6(2)12-8(11)5-4-7(9)10;1-4(6(8)9)5(2)7(10)11-3;2*1-3(5(7)8)4(2)6(9)10;1-2-3-4(5)6;;;;;;;;;;;;;;;;;;/h7-10H,3-6H2,1-2H3,(H,17,18);8-10H,3-7H2,1-2H3,(H,13,14)(H,15,16);8-10H,3-7H2,1-2H3,(H,13,14);5-6H,3-4H2,1-2H3,(H,11,12);6H,3-5H2,1-2H3,(H,9,10);4-6H,3H2,1-2H3,(H,9,10);4-5H,1-3H3,(H,8,9);2*3-4H,1-2H3,(H,7,8)(H,9,10);2-3H2,1H3,(H,5,6);18*1H4/b;;;;;5-4+;;;;;;;;;;;;;;;;;;;;;;. The summed E-state index contributed by atoms with van der Waals surface area (Å²) < 4.78 is 19.3. The molecule has 5 amide bonds. The third kappa shape index (κ3) is 81.1. The van der Waals surface area contributed by atoms with E-state index in [1.165, 1.54) is 73.3 Å². The molecule has 0 aromatic rings. The molecular formula is C103H211N3O37. The van der Waals surface area contributed by atoms with Gasteiger partial charge in [0.15, 0.2) is 0 Å². The molecule has 0 spiro atoms. The molecule has 0 bridgehead atoms. The lowest BCUT2D eigenvalue weighted by molar-refractivity contribution is -0.161. The van der Waals surface area contributed by atoms with Gasteiger partial charge in [-0.05, 0) is 84.5 Å². The van der Waals surface area contributed by atoms with Crippen molar-refractivity contribution in [2.45, 2.75) is 430 Å². The van der Waals surface area contributed by atoms with Crippen LogP contribution in [0.2, 0.25) is 0 Å². The van der Waals surface area contributed by atoms with Crippen LogP contribution >= 0.6 is 0 Å². The monoisotopic (exact) mass is 2080 g/mol. The number of carboxylic acids is 12. The number of amides is 5. The molecule has 2 heterocycles. The van der Waals surface area contributed by atoms with Crippen molar-refractivity contribution in [3.63, 3.8) is 0 Å². The first-order valence-electron chi connectivity index (χ1n) is 41.9. The number of carbonyl (C=O) groups excluding carboxylic acids is 9. The van der Waals surface area contributed by atoms with Gasteiger partial charge >= 0.3 is 95.5 Å². The lowest BCUT2D eigenvalue weighted by atomic mass is 9.83. The van der Waals surface area contributed by atoms with E-state index in [0.29, 0.717) is 25.7 Å². The number of rotatable bonds is 33. The molecule has 0 radical (unpaired) electrons. The van der Waals surface area contributed by atoms with Crippen LogP contribution < -0.4 is 5.32 Å². The first-order valence-corrected chi connectivity index (χ1v) is 41.9. The Balaban J connectivity index is -0.0000000530. The second kappa shape index (κ2) is 102. The Morgan fingerprint density at radius 2 is 0.643 bits per heavy atom. The Bertz CT molecular complexity index is 3370. The summed E-state index contributed by atoms with van der Waals surface area (Å²) in [4.78, 5) is 229. The summed E-state index contributed by atoms with van der Waals surface area (Å²) in [5, 5.41) is 104. The summed E-state index contributed by atoms with van der Waals surface area (Å²) in [5.41, 5.74) is 0. The van der Waals surface area contributed by atoms with Gasteiger partial charge in [0.05, 0.1) is 104 Å². The molecule has 5 fully saturated rings. The highest BCUT2D eigenvalue weighted by Crippen LogP contribution is 2.36. The zero-order chi connectivity index (χ0) is 98.3. The molecule has 5 rings (SSSR count). The van der Waals surface area contributed by atoms with Crippen LogP contribution in [0.15, 0.2) is 12.2 Å². The minimum atomic E-state index is -1.16. The number of hydrogen-bond donors (Lipinski definition) is 13. The summed E-state index contributed by atoms with van der Waals surface area (Å²) in [6.07, 6.45) is 17.2. The summed E-state index contributed by atoms with van der Waals surface area (Å²) >= 11 is 0. The summed E-state index contributed by atoms with van der Waals surface area (Å²) in [5.74, 6) is -23.6. The molecule has 3 saturated carbocycles. The van der Waals surface area contributed by atoms with Crippen molar-refractivity contribution < 1.29 is 181 Å². The lowest BCUT2D eigenvalue weighted by Crippen LogP contribution is -2.48. The van der Waals surface area contributed by atoms with Crippen LogP contribution in [0.4, 0.5) is 0 Å². The van der Waals surface area contributed by atoms with E-state index in [0.717, 1.165) is 94.1 Å². The molecule has 2 saturated heterocycles. The number of nitrogens with zero attached hydrogens (tertiary/aromatic N) is 2. The van der Waals surface area contributed by atoms with E-state index in [9.17, 15) is 106 Å². The smallest absolute Gasteiger partial charge is 0.331 e. The summed E-state index contributed by atoms with van der Waals surface area (Å²) in [7, 11) is 1.24. The van der Waals surface area contributed by atoms with Crippen molar-refractivity contribution in [2.75, 3.05) is 13.7 Å². The van der Waals surface area contributed by atoms with Crippen LogP contribution in [0.1, 0.15) is 400 Å². The number of nitrogens with one attached hydrogen (secondary N) is 1. The minimum Gasteiger partial charge on any atom is -0.481 e. The highest BCUT2D eigenvalue weighted by molar-refractivity contribution is 6.06. The number of carbonyl (C=O) groups is 21. The molecular weight excluding hydrogens is 1870 g/mol. The predicted octanol–water partition coefficient (Wildman–Crippen LogP) is 21.2. The van der Waals surface area contributed by atoms with Gasteiger partial charge in [-0.1, -0.05) is 290 Å². The van der Waals surface area contributed by atoms with E-state index in [-0.39, 0.29) is 243 Å². The molecule has 5 aliphatic rings. The zero-order valence-corrected chi connectivity index (χ0v) is 75.7. The fourth-order valence-corrected chi connectivity index (χ4v) is 11.1. The molecule has 18 unspecified atom stereocenters. The quantitative estimate of drug-likeness (QED) is 0.0126. The molecule has 40 heteroatoms. The molecule has 13 N–H and O–H groups in total. The molecule has 860 valence electrons. The maximum Gasteiger partial charge on any atom is 0.331 e. The van der Waals surface area contributed by atoms with Crippen LogP contribution in [0.5, 0.6) is 0 Å². The number of imide groups is 2. The third-order valence-corrected chi connectivity index (χ3v) is 21.8. The first-order chi connectivity index (χ1) is 57.7. The zero-order valence-electron chi connectivity index (χ0n) is 75.7. The number of carboxylic acid groups (broad SMARTS) is 12. The normalized spacial score (nSPS) is 17.9. The molecule has 143 heavy (non-hydrogen) atoms. The SMILES string of the molecule is C.C.C.C.C.C.C.C.C.C.C.C.C.C.C.C.C.C.CC(C(=O)O)C(C)C(=O)NC1CCCCC1.CC(C(=O)O)C(C)C(=O)O.CC(C(=O)O)C(C)C(=O)O.CC(C(=O)O)C(C)C(=O)OC1CCCCC1.CC1C(=O)N(C2CCCCC2C(=O)O)C(=O)C1C.CC1C(=O)N(CCC(=O)O)C(=O)C1C.CCC(C)OC(=O)/C=C/C(=O)O.CCC(C)OC(=O)CCC(=O)O.CCCC(=O)O.COC(=O)C(C)C(C)C(=O)O. The van der Waals surface area contributed by atoms with Gasteiger partial charge in [0, 0.05) is 60.7 Å². The molecule has 40 nitrogen and oxygen atoms in total. The van der Waals surface area contributed by atoms with E-state index >= 15 is 0 Å². The Morgan fingerprint density at radius 3 is 0.937 bits per heavy atom. The Labute approximate surface area is 862 Å². The number of esters is 4. The van der Waals surface area contributed by atoms with Crippen LogP contribution in [-0.4, -0.2) is 240 Å².